The molecule has 0 atom stereocenters. The van der Waals surface area contributed by atoms with E-state index in [4.69, 9.17) is 17.2 Å². The van der Waals surface area contributed by atoms with Crippen LogP contribution in [-0.4, -0.2) is 16.0 Å². The molecule has 0 unspecified atom stereocenters. The van der Waals surface area contributed by atoms with Crippen LogP contribution in [0.2, 0.25) is 0 Å². The smallest absolute Gasteiger partial charge is 0.257 e. The number of benzene rings is 3. The number of amides is 1. The number of fused-ring (bicyclic) bond motifs is 1. The Hall–Kier alpha value is -2.36. The number of nitrogens with one attached hydrogen (secondary N) is 2. The van der Waals surface area contributed by atoms with Gasteiger partial charge < -0.3 is 5.32 Å². The Kier molecular flexibility index (Phi) is 6.64. The summed E-state index contributed by atoms with van der Waals surface area (Å²) in [6, 6.07) is 21.7. The third-order valence-corrected chi connectivity index (χ3v) is 6.77. The number of halogens is 1. The Labute approximate surface area is 204 Å². The average molecular weight is 557 g/mol. The Morgan fingerprint density at radius 2 is 1.81 bits per heavy atom. The van der Waals surface area contributed by atoms with E-state index in [0.717, 1.165) is 30.0 Å². The van der Waals surface area contributed by atoms with E-state index in [0.29, 0.717) is 11.5 Å². The number of thiazole rings is 1. The lowest BCUT2D eigenvalue weighted by atomic mass is 10.0. The number of thiocarbonyl (C=S) groups is 1. The van der Waals surface area contributed by atoms with Crippen molar-refractivity contribution in [3.05, 3.63) is 81.4 Å². The van der Waals surface area contributed by atoms with Crippen LogP contribution < -0.4 is 10.6 Å². The minimum Gasteiger partial charge on any atom is -0.332 e. The van der Waals surface area contributed by atoms with E-state index in [-0.39, 0.29) is 11.0 Å². The first-order valence-corrected chi connectivity index (χ1v) is 12.1. The maximum absolute atomic E-state index is 12.6. The summed E-state index contributed by atoms with van der Waals surface area (Å²) in [5.41, 5.74) is 4.48. The highest BCUT2D eigenvalue weighted by atomic mass is 127. The summed E-state index contributed by atoms with van der Waals surface area (Å²) < 4.78 is 2.22. The van der Waals surface area contributed by atoms with Crippen molar-refractivity contribution in [2.24, 2.45) is 0 Å². The van der Waals surface area contributed by atoms with Gasteiger partial charge in [-0.25, -0.2) is 4.98 Å². The highest BCUT2D eigenvalue weighted by Crippen LogP contribution is 2.35. The largest absolute Gasteiger partial charge is 0.332 e. The van der Waals surface area contributed by atoms with Gasteiger partial charge >= 0.3 is 0 Å². The number of carbonyl (C=O) groups is 1. The molecule has 156 valence electrons. The number of aromatic nitrogens is 1. The van der Waals surface area contributed by atoms with Crippen molar-refractivity contribution in [3.8, 4) is 10.6 Å². The number of hydrogen-bond donors (Lipinski definition) is 2. The van der Waals surface area contributed by atoms with Crippen LogP contribution >= 0.6 is 46.1 Å². The van der Waals surface area contributed by atoms with Crippen molar-refractivity contribution in [1.29, 1.82) is 0 Å². The Balaban J connectivity index is 1.53. The summed E-state index contributed by atoms with van der Waals surface area (Å²) >= 11 is 9.34. The molecule has 3 aromatic carbocycles. The number of carbonyl (C=O) groups excluding carboxylic acids is 1. The second-order valence-electron chi connectivity index (χ2n) is 7.36. The highest BCUT2D eigenvalue weighted by molar-refractivity contribution is 14.1. The van der Waals surface area contributed by atoms with Gasteiger partial charge in [0.15, 0.2) is 5.11 Å². The SMILES string of the molecule is CC(C)c1ccc(C(=O)NC(=S)Nc2ccc(I)cc2-c2nc3ccccc3s2)cc1. The predicted molar refractivity (Wildman–Crippen MR) is 142 cm³/mol. The quantitative estimate of drug-likeness (QED) is 0.214. The molecular formula is C24H20IN3OS2. The van der Waals surface area contributed by atoms with Gasteiger partial charge in [0.25, 0.3) is 5.91 Å². The first-order chi connectivity index (χ1) is 14.9. The molecule has 0 aliphatic rings. The van der Waals surface area contributed by atoms with E-state index >= 15 is 0 Å². The Bertz CT molecular complexity index is 1230. The molecule has 0 aliphatic heterocycles. The molecule has 31 heavy (non-hydrogen) atoms. The minimum absolute atomic E-state index is 0.236. The van der Waals surface area contributed by atoms with Crippen molar-refractivity contribution >= 4 is 73.1 Å². The summed E-state index contributed by atoms with van der Waals surface area (Å²) in [5, 5.41) is 7.10. The predicted octanol–water partition coefficient (Wildman–Crippen LogP) is 6.82. The molecule has 0 aliphatic carbocycles. The fourth-order valence-electron chi connectivity index (χ4n) is 3.14. The molecule has 4 aromatic rings. The summed E-state index contributed by atoms with van der Waals surface area (Å²) in [7, 11) is 0. The topological polar surface area (TPSA) is 54.0 Å². The zero-order valence-corrected chi connectivity index (χ0v) is 20.8. The van der Waals surface area contributed by atoms with Gasteiger partial charge in [-0.3, -0.25) is 10.1 Å². The molecule has 4 nitrogen and oxygen atoms in total. The summed E-state index contributed by atoms with van der Waals surface area (Å²) in [4.78, 5) is 17.4. The summed E-state index contributed by atoms with van der Waals surface area (Å²) in [6.07, 6.45) is 0. The fourth-order valence-corrected chi connectivity index (χ4v) is 4.83. The average Bonchev–Trinajstić information content (AvgIpc) is 3.19. The standard InChI is InChI=1S/C24H20IN3OS2/c1-14(2)15-7-9-16(10-8-15)22(29)28-24(30)27-19-12-11-17(25)13-18(19)23-26-20-5-3-4-6-21(20)31-23/h3-14H,1-2H3,(H2,27,28,29,30). The monoisotopic (exact) mass is 557 g/mol. The van der Waals surface area contributed by atoms with Crippen LogP contribution in [0, 0.1) is 3.57 Å². The normalized spacial score (nSPS) is 11.0. The van der Waals surface area contributed by atoms with E-state index < -0.39 is 0 Å². The van der Waals surface area contributed by atoms with Crippen LogP contribution in [0.5, 0.6) is 0 Å². The van der Waals surface area contributed by atoms with Crippen molar-refractivity contribution in [1.82, 2.24) is 10.3 Å². The van der Waals surface area contributed by atoms with Crippen LogP contribution in [0.4, 0.5) is 5.69 Å². The molecule has 2 N–H and O–H groups in total. The summed E-state index contributed by atoms with van der Waals surface area (Å²) in [5.74, 6) is 0.182. The lowest BCUT2D eigenvalue weighted by Gasteiger charge is -2.13. The van der Waals surface area contributed by atoms with E-state index in [9.17, 15) is 4.79 Å². The second kappa shape index (κ2) is 9.42. The lowest BCUT2D eigenvalue weighted by molar-refractivity contribution is 0.0977. The zero-order chi connectivity index (χ0) is 22.0. The van der Waals surface area contributed by atoms with Crippen LogP contribution in [0.15, 0.2) is 66.7 Å². The van der Waals surface area contributed by atoms with Gasteiger partial charge in [0, 0.05) is 14.7 Å². The molecule has 0 bridgehead atoms. The number of anilines is 1. The molecule has 0 saturated heterocycles. The molecule has 4 rings (SSSR count). The van der Waals surface area contributed by atoms with Crippen molar-refractivity contribution in [3.63, 3.8) is 0 Å². The maximum atomic E-state index is 12.6. The van der Waals surface area contributed by atoms with E-state index in [1.165, 1.54) is 5.56 Å². The molecule has 7 heteroatoms. The second-order valence-corrected chi connectivity index (χ2v) is 10.0. The number of para-hydroxylation sites is 1. The Morgan fingerprint density at radius 3 is 2.52 bits per heavy atom. The molecule has 1 heterocycles. The van der Waals surface area contributed by atoms with Gasteiger partial charge in [0.1, 0.15) is 5.01 Å². The van der Waals surface area contributed by atoms with Gasteiger partial charge in [-0.15, -0.1) is 11.3 Å². The van der Waals surface area contributed by atoms with Gasteiger partial charge in [0.2, 0.25) is 0 Å². The van der Waals surface area contributed by atoms with Crippen LogP contribution in [0.25, 0.3) is 20.8 Å². The van der Waals surface area contributed by atoms with Crippen LogP contribution in [0.3, 0.4) is 0 Å². The van der Waals surface area contributed by atoms with Gasteiger partial charge in [-0.05, 0) is 88.8 Å². The highest BCUT2D eigenvalue weighted by Gasteiger charge is 2.14. The molecule has 1 amide bonds. The van der Waals surface area contributed by atoms with E-state index in [1.54, 1.807) is 11.3 Å². The molecular weight excluding hydrogens is 537 g/mol. The first-order valence-electron chi connectivity index (χ1n) is 9.78. The molecule has 0 fully saturated rings. The van der Waals surface area contributed by atoms with Crippen LogP contribution in [-0.2, 0) is 0 Å². The molecule has 0 radical (unpaired) electrons. The molecule has 1 aromatic heterocycles. The molecule has 0 saturated carbocycles. The molecule has 0 spiro atoms. The van der Waals surface area contributed by atoms with Crippen molar-refractivity contribution in [2.75, 3.05) is 5.32 Å². The van der Waals surface area contributed by atoms with Gasteiger partial charge in [-0.1, -0.05) is 38.1 Å². The van der Waals surface area contributed by atoms with E-state index in [2.05, 4.69) is 59.2 Å². The minimum atomic E-state index is -0.236. The number of rotatable bonds is 4. The summed E-state index contributed by atoms with van der Waals surface area (Å²) in [6.45, 7) is 4.25. The third-order valence-electron chi connectivity index (χ3n) is 4.82. The van der Waals surface area contributed by atoms with Crippen molar-refractivity contribution in [2.45, 2.75) is 19.8 Å². The third kappa shape index (κ3) is 5.11. The fraction of sp³-hybridized carbons (Fsp3) is 0.125. The van der Waals surface area contributed by atoms with Crippen LogP contribution in [0.1, 0.15) is 35.7 Å². The number of hydrogen-bond acceptors (Lipinski definition) is 4. The van der Waals surface area contributed by atoms with Crippen molar-refractivity contribution < 1.29 is 4.79 Å². The zero-order valence-electron chi connectivity index (χ0n) is 17.0. The lowest BCUT2D eigenvalue weighted by Crippen LogP contribution is -2.34. The Morgan fingerprint density at radius 1 is 1.06 bits per heavy atom. The maximum Gasteiger partial charge on any atom is 0.257 e. The van der Waals surface area contributed by atoms with E-state index in [1.807, 2.05) is 54.6 Å². The first kappa shape index (κ1) is 21.9. The van der Waals surface area contributed by atoms with Gasteiger partial charge in [-0.2, -0.15) is 0 Å². The number of nitrogens with zero attached hydrogens (tertiary/aromatic N) is 1. The van der Waals surface area contributed by atoms with Gasteiger partial charge in [0.05, 0.1) is 15.9 Å².